The summed E-state index contributed by atoms with van der Waals surface area (Å²) in [6.45, 7) is 8.54. The predicted octanol–water partition coefficient (Wildman–Crippen LogP) is 5.23. The second-order valence-corrected chi connectivity index (χ2v) is 15.0. The Kier molecular flexibility index (Phi) is 6.88. The molecule has 5 rings (SSSR count). The smallest absolute Gasteiger partial charge is 0.258 e. The number of halogens is 2. The molecular weight excluding hydrogens is 524 g/mol. The molecule has 3 aliphatic rings. The van der Waals surface area contributed by atoms with E-state index < -0.39 is 26.4 Å². The molecule has 3 heterocycles. The highest BCUT2D eigenvalue weighted by atomic mass is 32.2. The van der Waals surface area contributed by atoms with Crippen LogP contribution in [0.3, 0.4) is 0 Å². The number of amides is 1. The Morgan fingerprint density at radius 1 is 0.923 bits per heavy atom. The molecule has 212 valence electrons. The van der Waals surface area contributed by atoms with Crippen molar-refractivity contribution in [3.63, 3.8) is 0 Å². The zero-order valence-electron chi connectivity index (χ0n) is 23.1. The second-order valence-electron chi connectivity index (χ2n) is 12.3. The molecule has 0 radical (unpaired) electrons. The maximum absolute atomic E-state index is 13.7. The molecule has 0 bridgehead atoms. The molecule has 1 spiro atoms. The van der Waals surface area contributed by atoms with Crippen molar-refractivity contribution in [2.45, 2.75) is 81.8 Å². The molecule has 2 aliphatic heterocycles. The van der Waals surface area contributed by atoms with Crippen molar-refractivity contribution >= 4 is 33.2 Å². The van der Waals surface area contributed by atoms with Gasteiger partial charge >= 0.3 is 0 Å². The van der Waals surface area contributed by atoms with Gasteiger partial charge in [0, 0.05) is 50.8 Å². The average molecular weight is 562 g/mol. The lowest BCUT2D eigenvalue weighted by molar-refractivity contribution is -0.0222. The third kappa shape index (κ3) is 5.73. The van der Waals surface area contributed by atoms with Gasteiger partial charge in [-0.05, 0) is 77.0 Å². The molecule has 0 atom stereocenters. The van der Waals surface area contributed by atoms with Crippen LogP contribution < -0.4 is 15.1 Å². The van der Waals surface area contributed by atoms with Crippen molar-refractivity contribution in [3.05, 3.63) is 35.5 Å². The first-order valence-corrected chi connectivity index (χ1v) is 15.1. The quantitative estimate of drug-likeness (QED) is 0.534. The Morgan fingerprint density at radius 3 is 2.13 bits per heavy atom. The van der Waals surface area contributed by atoms with Crippen molar-refractivity contribution in [1.29, 1.82) is 0 Å². The van der Waals surface area contributed by atoms with Gasteiger partial charge in [0.1, 0.15) is 5.82 Å². The van der Waals surface area contributed by atoms with E-state index in [4.69, 9.17) is 0 Å². The van der Waals surface area contributed by atoms with Gasteiger partial charge in [-0.1, -0.05) is 0 Å². The fourth-order valence-electron chi connectivity index (χ4n) is 5.36. The lowest BCUT2D eigenvalue weighted by atomic mass is 9.93. The molecule has 1 aliphatic carbocycles. The van der Waals surface area contributed by atoms with Crippen LogP contribution in [-0.4, -0.2) is 61.1 Å². The van der Waals surface area contributed by atoms with E-state index in [1.807, 2.05) is 0 Å². The molecule has 0 unspecified atom stereocenters. The summed E-state index contributed by atoms with van der Waals surface area (Å²) < 4.78 is 52.8. The van der Waals surface area contributed by atoms with Crippen LogP contribution in [0.15, 0.2) is 29.2 Å². The van der Waals surface area contributed by atoms with Gasteiger partial charge in [-0.15, -0.1) is 0 Å². The number of aryl methyl sites for hydroxylation is 1. The monoisotopic (exact) mass is 561 g/mol. The number of alkyl halides is 2. The number of benzene rings is 1. The number of hydrogen-bond acceptors (Lipinski definition) is 7. The van der Waals surface area contributed by atoms with Crippen molar-refractivity contribution in [3.8, 4) is 0 Å². The highest BCUT2D eigenvalue weighted by molar-refractivity contribution is 7.92. The first-order chi connectivity index (χ1) is 18.2. The van der Waals surface area contributed by atoms with Crippen molar-refractivity contribution in [2.24, 2.45) is 5.41 Å². The van der Waals surface area contributed by atoms with Gasteiger partial charge in [-0.3, -0.25) is 4.79 Å². The number of aromatic nitrogens is 2. The first-order valence-electron chi connectivity index (χ1n) is 13.6. The Hall–Kier alpha value is -2.82. The molecule has 1 N–H and O–H groups in total. The van der Waals surface area contributed by atoms with E-state index in [2.05, 4.69) is 20.2 Å². The summed E-state index contributed by atoms with van der Waals surface area (Å²) >= 11 is 0. The van der Waals surface area contributed by atoms with Crippen LogP contribution in [0.2, 0.25) is 0 Å². The minimum Gasteiger partial charge on any atom is -0.371 e. The number of rotatable bonds is 5. The van der Waals surface area contributed by atoms with E-state index in [1.54, 1.807) is 50.8 Å². The SMILES string of the molecule is Cc1cc(NC(=O)c2ccc(S(=O)(=O)C(C)(C)C)cc2N2CCC3(CC2)CC3)nc(N2CCC(F)(F)CC2)n1. The van der Waals surface area contributed by atoms with Gasteiger partial charge in [-0.25, -0.2) is 22.2 Å². The summed E-state index contributed by atoms with van der Waals surface area (Å²) in [5, 5.41) is 2.85. The molecule has 3 fully saturated rings. The van der Waals surface area contributed by atoms with Crippen LogP contribution in [0.4, 0.5) is 26.2 Å². The van der Waals surface area contributed by atoms with Crippen LogP contribution in [0.5, 0.6) is 0 Å². The van der Waals surface area contributed by atoms with E-state index in [0.29, 0.717) is 28.3 Å². The van der Waals surface area contributed by atoms with E-state index >= 15 is 0 Å². The first kappa shape index (κ1) is 27.7. The zero-order chi connectivity index (χ0) is 28.2. The maximum Gasteiger partial charge on any atom is 0.258 e. The summed E-state index contributed by atoms with van der Waals surface area (Å²) in [6, 6.07) is 6.34. The van der Waals surface area contributed by atoms with Gasteiger partial charge in [0.25, 0.3) is 11.8 Å². The lowest BCUT2D eigenvalue weighted by Crippen LogP contribution is -2.40. The van der Waals surface area contributed by atoms with E-state index in [1.165, 1.54) is 18.9 Å². The van der Waals surface area contributed by atoms with Gasteiger partial charge < -0.3 is 15.1 Å². The van der Waals surface area contributed by atoms with E-state index in [-0.39, 0.29) is 36.6 Å². The lowest BCUT2D eigenvalue weighted by Gasteiger charge is -2.35. The minimum absolute atomic E-state index is 0.133. The standard InChI is InChI=1S/C28H37F2N5O3S/c1-19-17-23(33-25(31-19)35-15-11-28(29,30)12-16-35)32-24(36)21-6-5-20(39(37,38)26(2,3)4)18-22(21)34-13-9-27(7-8-27)10-14-34/h5-6,17-18H,7-16H2,1-4H3,(H,31,32,33,36). The highest BCUT2D eigenvalue weighted by Gasteiger charge is 2.45. The van der Waals surface area contributed by atoms with Crippen LogP contribution in [0, 0.1) is 12.3 Å². The number of hydrogen-bond donors (Lipinski definition) is 1. The Balaban J connectivity index is 1.43. The van der Waals surface area contributed by atoms with Crippen molar-refractivity contribution in [1.82, 2.24) is 9.97 Å². The minimum atomic E-state index is -3.62. The number of nitrogens with one attached hydrogen (secondary N) is 1. The summed E-state index contributed by atoms with van der Waals surface area (Å²) in [4.78, 5) is 26.5. The summed E-state index contributed by atoms with van der Waals surface area (Å²) in [5.41, 5.74) is 1.98. The molecule has 8 nitrogen and oxygen atoms in total. The Morgan fingerprint density at radius 2 is 1.54 bits per heavy atom. The van der Waals surface area contributed by atoms with Crippen LogP contribution in [0.25, 0.3) is 0 Å². The number of carbonyl (C=O) groups is 1. The number of piperidine rings is 2. The number of carbonyl (C=O) groups excluding carboxylic acids is 1. The van der Waals surface area contributed by atoms with Crippen molar-refractivity contribution < 1.29 is 22.0 Å². The normalized spacial score (nSPS) is 20.7. The third-order valence-electron chi connectivity index (χ3n) is 8.31. The third-order valence-corrected chi connectivity index (χ3v) is 10.8. The average Bonchev–Trinajstić information content (AvgIpc) is 3.61. The topological polar surface area (TPSA) is 95.5 Å². The number of anilines is 3. The maximum atomic E-state index is 13.7. The summed E-state index contributed by atoms with van der Waals surface area (Å²) in [6.07, 6.45) is 3.97. The predicted molar refractivity (Wildman–Crippen MR) is 148 cm³/mol. The van der Waals surface area contributed by atoms with Gasteiger partial charge in [0.15, 0.2) is 9.84 Å². The van der Waals surface area contributed by atoms with Gasteiger partial charge in [0.05, 0.1) is 20.9 Å². The Labute approximate surface area is 229 Å². The van der Waals surface area contributed by atoms with E-state index in [9.17, 15) is 22.0 Å². The largest absolute Gasteiger partial charge is 0.371 e. The van der Waals surface area contributed by atoms with Crippen LogP contribution in [0.1, 0.15) is 75.3 Å². The molecule has 1 saturated carbocycles. The highest BCUT2D eigenvalue weighted by Crippen LogP contribution is 2.54. The molecule has 2 aromatic rings. The molecule has 11 heteroatoms. The number of sulfone groups is 1. The molecule has 1 aromatic carbocycles. The summed E-state index contributed by atoms with van der Waals surface area (Å²) in [5.74, 6) is -2.52. The molecular formula is C28H37F2N5O3S. The van der Waals surface area contributed by atoms with Crippen LogP contribution >= 0.6 is 0 Å². The Bertz CT molecular complexity index is 1370. The fourth-order valence-corrected chi connectivity index (χ4v) is 6.58. The van der Waals surface area contributed by atoms with Crippen LogP contribution in [-0.2, 0) is 9.84 Å². The molecule has 1 amide bonds. The number of nitrogens with zero attached hydrogens (tertiary/aromatic N) is 4. The van der Waals surface area contributed by atoms with Gasteiger partial charge in [-0.2, -0.15) is 4.98 Å². The van der Waals surface area contributed by atoms with Crippen molar-refractivity contribution in [2.75, 3.05) is 41.3 Å². The zero-order valence-corrected chi connectivity index (χ0v) is 23.9. The second kappa shape index (κ2) is 9.67. The fraction of sp³-hybridized carbons (Fsp3) is 0.607. The van der Waals surface area contributed by atoms with Gasteiger partial charge in [0.2, 0.25) is 5.95 Å². The summed E-state index contributed by atoms with van der Waals surface area (Å²) in [7, 11) is -3.62. The molecule has 2 saturated heterocycles. The molecule has 1 aromatic heterocycles. The van der Waals surface area contributed by atoms with E-state index in [0.717, 1.165) is 25.9 Å². The molecule has 39 heavy (non-hydrogen) atoms.